The largest absolute Gasteiger partial charge is 0.480 e. The number of nitrogens with zero attached hydrogens (tertiary/aromatic N) is 1. The Bertz CT molecular complexity index is 1540. The molecule has 27 heteroatoms. The molecule has 1 rings (SSSR count). The highest BCUT2D eigenvalue weighted by Gasteiger charge is 2.36. The minimum atomic E-state index is -1.33. The molecule has 1 heterocycles. The van der Waals surface area contributed by atoms with E-state index in [4.69, 9.17) is 64.9 Å². The van der Waals surface area contributed by atoms with Gasteiger partial charge in [0.15, 0.2) is 0 Å². The van der Waals surface area contributed by atoms with Crippen molar-refractivity contribution in [2.45, 2.75) is 88.9 Å². The maximum Gasteiger partial charge on any atom is 0.325 e. The molecular weight excluding hydrogens is 955 g/mol. The zero-order valence-corrected chi connectivity index (χ0v) is 42.0. The van der Waals surface area contributed by atoms with Gasteiger partial charge in [-0.05, 0) is 39.0 Å². The van der Waals surface area contributed by atoms with E-state index in [0.717, 1.165) is 0 Å². The first-order valence-electron chi connectivity index (χ1n) is 24.7. The van der Waals surface area contributed by atoms with Gasteiger partial charge in [-0.3, -0.25) is 38.4 Å². The summed E-state index contributed by atoms with van der Waals surface area (Å²) in [6, 6.07) is -4.22. The predicted molar refractivity (Wildman–Crippen MR) is 257 cm³/mol. The molecule has 12 N–H and O–H groups in total. The quantitative estimate of drug-likeness (QED) is 0.0263. The Morgan fingerprint density at radius 3 is 1.47 bits per heavy atom. The fraction of sp³-hybridized carbons (Fsp3) is 0.822. The second-order valence-electron chi connectivity index (χ2n) is 16.1. The number of amides is 7. The molecule has 0 saturated carbocycles. The Balaban J connectivity index is 2.34. The number of primary amides is 1. The lowest BCUT2D eigenvalue weighted by atomic mass is 10.1. The van der Waals surface area contributed by atoms with Crippen molar-refractivity contribution in [3.05, 3.63) is 0 Å². The maximum atomic E-state index is 13.1. The molecule has 1 saturated heterocycles. The molecule has 0 bridgehead atoms. The minimum absolute atomic E-state index is 0.0172. The third-order valence-corrected chi connectivity index (χ3v) is 10.3. The van der Waals surface area contributed by atoms with Gasteiger partial charge >= 0.3 is 5.97 Å². The number of unbranched alkanes of at least 4 members (excludes halogenated alkanes) is 1. The molecule has 1 aliphatic rings. The molecule has 0 aromatic rings. The van der Waals surface area contributed by atoms with Gasteiger partial charge in [0.1, 0.15) is 24.2 Å². The standard InChI is InChI=1S/C45H83N9O18/c1-34(45(62)63)51-44(61)37-6-4-14-54(37)41(58)33-36(42(48)59)53-40(57)9-17-66-23-29-72-32-26-69-20-13-50-43(60)35(52-39(56)8-16-65-22-28-71-31-25-68-19-11-47)5-2-3-12-49-38(55)7-15-64-21-27-70-30-24-67-18-10-46/h34-37H,2-33,46-47H2,1H3,(H2,48,59)(H,49,55)(H,50,60)(H,51,61)(H,52,56)(H,53,57)(H,62,63)/t34-,35-,36-,37-/m0/s1. The Labute approximate surface area is 421 Å². The molecular formula is C45H83N9O18. The van der Waals surface area contributed by atoms with E-state index in [2.05, 4.69) is 26.6 Å². The SMILES string of the molecule is C[C@H](NC(=O)[C@@H]1CCCN1C(=O)C[C@H](NC(=O)CCOCCOCCOCCNC(=O)[C@H](CCCCNC(=O)CCOCCOCCOCCN)NC(=O)CCOCCOCCOCCN)C(N)=O)C(=O)O. The van der Waals surface area contributed by atoms with Gasteiger partial charge in [0.2, 0.25) is 41.4 Å². The summed E-state index contributed by atoms with van der Waals surface area (Å²) in [6.45, 7) is 8.24. The van der Waals surface area contributed by atoms with Gasteiger partial charge in [-0.15, -0.1) is 0 Å². The van der Waals surface area contributed by atoms with Gasteiger partial charge in [-0.25, -0.2) is 0 Å². The monoisotopic (exact) mass is 1040 g/mol. The maximum absolute atomic E-state index is 13.1. The predicted octanol–water partition coefficient (Wildman–Crippen LogP) is -3.95. The van der Waals surface area contributed by atoms with Gasteiger partial charge in [-0.2, -0.15) is 0 Å². The second kappa shape index (κ2) is 43.9. The molecule has 1 fully saturated rings. The average Bonchev–Trinajstić information content (AvgIpc) is 3.85. The summed E-state index contributed by atoms with van der Waals surface area (Å²) >= 11 is 0. The van der Waals surface area contributed by atoms with Crippen LogP contribution >= 0.6 is 0 Å². The number of ether oxygens (including phenoxy) is 9. The van der Waals surface area contributed by atoms with Crippen LogP contribution < -0.4 is 43.8 Å². The Kier molecular flexibility index (Phi) is 39.8. The number of carbonyl (C=O) groups is 8. The third-order valence-electron chi connectivity index (χ3n) is 10.3. The molecule has 7 amide bonds. The Morgan fingerprint density at radius 2 is 1.00 bits per heavy atom. The van der Waals surface area contributed by atoms with Crippen molar-refractivity contribution in [1.82, 2.24) is 31.5 Å². The average molecular weight is 1040 g/mol. The summed E-state index contributed by atoms with van der Waals surface area (Å²) in [4.78, 5) is 101. The minimum Gasteiger partial charge on any atom is -0.480 e. The van der Waals surface area contributed by atoms with E-state index in [-0.39, 0.29) is 110 Å². The highest BCUT2D eigenvalue weighted by Crippen LogP contribution is 2.19. The van der Waals surface area contributed by atoms with Crippen LogP contribution in [0.15, 0.2) is 0 Å². The van der Waals surface area contributed by atoms with E-state index in [0.29, 0.717) is 111 Å². The van der Waals surface area contributed by atoms with Crippen LogP contribution in [0.2, 0.25) is 0 Å². The summed E-state index contributed by atoms with van der Waals surface area (Å²) in [6.07, 6.45) is 1.86. The number of nitrogens with one attached hydrogen (secondary N) is 5. The number of likely N-dealkylation sites (tertiary alicyclic amines) is 1. The second-order valence-corrected chi connectivity index (χ2v) is 16.1. The molecule has 27 nitrogen and oxygen atoms in total. The summed E-state index contributed by atoms with van der Waals surface area (Å²) < 4.78 is 48.6. The van der Waals surface area contributed by atoms with E-state index >= 15 is 0 Å². The first-order chi connectivity index (χ1) is 34.8. The van der Waals surface area contributed by atoms with Crippen molar-refractivity contribution in [2.24, 2.45) is 17.2 Å². The van der Waals surface area contributed by atoms with E-state index < -0.39 is 60.2 Å². The molecule has 72 heavy (non-hydrogen) atoms. The number of aliphatic carboxylic acids is 1. The molecule has 0 radical (unpaired) electrons. The molecule has 0 aromatic heterocycles. The molecule has 4 atom stereocenters. The van der Waals surface area contributed by atoms with E-state index in [1.807, 2.05) is 0 Å². The van der Waals surface area contributed by atoms with E-state index in [1.165, 1.54) is 11.8 Å². The van der Waals surface area contributed by atoms with Gasteiger partial charge in [0.05, 0.1) is 125 Å². The number of carbonyl (C=O) groups excluding carboxylic acids is 7. The zero-order chi connectivity index (χ0) is 53.0. The van der Waals surface area contributed by atoms with Crippen LogP contribution in [0, 0.1) is 0 Å². The smallest absolute Gasteiger partial charge is 0.325 e. The topological polar surface area (TPSA) is 381 Å². The molecule has 0 aliphatic carbocycles. The van der Waals surface area contributed by atoms with Crippen molar-refractivity contribution in [3.8, 4) is 0 Å². The molecule has 1 aliphatic heterocycles. The Morgan fingerprint density at radius 1 is 0.556 bits per heavy atom. The number of nitrogens with two attached hydrogens (primary N) is 3. The fourth-order valence-corrected chi connectivity index (χ4v) is 6.47. The van der Waals surface area contributed by atoms with Crippen molar-refractivity contribution in [3.63, 3.8) is 0 Å². The fourth-order valence-electron chi connectivity index (χ4n) is 6.47. The van der Waals surface area contributed by atoms with Gasteiger partial charge < -0.3 is 96.4 Å². The van der Waals surface area contributed by atoms with Crippen LogP contribution in [0.4, 0.5) is 0 Å². The van der Waals surface area contributed by atoms with Gasteiger partial charge in [0, 0.05) is 52.0 Å². The van der Waals surface area contributed by atoms with Crippen molar-refractivity contribution < 1.29 is 86.1 Å². The summed E-state index contributed by atoms with van der Waals surface area (Å²) in [5, 5.41) is 22.2. The van der Waals surface area contributed by atoms with Crippen LogP contribution in [-0.4, -0.2) is 233 Å². The Hall–Kier alpha value is -4.68. The van der Waals surface area contributed by atoms with Crippen LogP contribution in [0.25, 0.3) is 0 Å². The summed E-state index contributed by atoms with van der Waals surface area (Å²) in [5.74, 6) is -4.88. The van der Waals surface area contributed by atoms with Gasteiger partial charge in [0.25, 0.3) is 0 Å². The van der Waals surface area contributed by atoms with Crippen LogP contribution in [-0.2, 0) is 81.0 Å². The first kappa shape index (κ1) is 65.3. The lowest BCUT2D eigenvalue weighted by Crippen LogP contribution is -2.52. The van der Waals surface area contributed by atoms with E-state index in [1.54, 1.807) is 0 Å². The number of carboxylic acid groups (broad SMARTS) is 1. The summed E-state index contributed by atoms with van der Waals surface area (Å²) in [5.41, 5.74) is 16.2. The lowest BCUT2D eigenvalue weighted by molar-refractivity contribution is -0.144. The van der Waals surface area contributed by atoms with Crippen LogP contribution in [0.1, 0.15) is 64.7 Å². The summed E-state index contributed by atoms with van der Waals surface area (Å²) in [7, 11) is 0. The lowest BCUT2D eigenvalue weighted by Gasteiger charge is -2.26. The van der Waals surface area contributed by atoms with Crippen molar-refractivity contribution in [2.75, 3.05) is 152 Å². The highest BCUT2D eigenvalue weighted by molar-refractivity contribution is 5.94. The molecule has 416 valence electrons. The van der Waals surface area contributed by atoms with Crippen LogP contribution in [0.5, 0.6) is 0 Å². The van der Waals surface area contributed by atoms with Gasteiger partial charge in [-0.1, -0.05) is 0 Å². The first-order valence-corrected chi connectivity index (χ1v) is 24.7. The molecule has 0 aromatic carbocycles. The van der Waals surface area contributed by atoms with E-state index in [9.17, 15) is 38.4 Å². The number of carboxylic acids is 1. The van der Waals surface area contributed by atoms with Crippen LogP contribution in [0.3, 0.4) is 0 Å². The zero-order valence-electron chi connectivity index (χ0n) is 42.0. The third kappa shape index (κ3) is 34.6. The highest BCUT2D eigenvalue weighted by atomic mass is 16.6. The molecule has 0 spiro atoms. The number of rotatable bonds is 48. The number of hydrogen-bond donors (Lipinski definition) is 9. The molecule has 0 unspecified atom stereocenters. The number of hydrogen-bond acceptors (Lipinski definition) is 19. The normalized spacial score (nSPS) is 14.5. The van der Waals surface area contributed by atoms with Crippen molar-refractivity contribution >= 4 is 47.3 Å². The van der Waals surface area contributed by atoms with Crippen molar-refractivity contribution in [1.29, 1.82) is 0 Å².